The Morgan fingerprint density at radius 1 is 1.04 bits per heavy atom. The highest BCUT2D eigenvalue weighted by Crippen LogP contribution is 2.27. The number of carbonyl (C=O) groups is 3. The molecular formula is C21H27N3O3. The van der Waals surface area contributed by atoms with E-state index in [-0.39, 0.29) is 23.6 Å². The van der Waals surface area contributed by atoms with Gasteiger partial charge in [0.25, 0.3) is 0 Å². The van der Waals surface area contributed by atoms with Gasteiger partial charge in [-0.3, -0.25) is 14.4 Å². The fourth-order valence-corrected chi connectivity index (χ4v) is 4.60. The van der Waals surface area contributed by atoms with Crippen molar-refractivity contribution in [2.45, 2.75) is 50.6 Å². The van der Waals surface area contributed by atoms with Crippen LogP contribution in [0.15, 0.2) is 30.3 Å². The molecule has 0 bridgehead atoms. The zero-order valence-corrected chi connectivity index (χ0v) is 15.6. The number of benzene rings is 1. The lowest BCUT2D eigenvalue weighted by atomic mass is 9.88. The lowest BCUT2D eigenvalue weighted by Gasteiger charge is -2.46. The number of nitrogens with one attached hydrogen (secondary N) is 1. The van der Waals surface area contributed by atoms with E-state index < -0.39 is 12.1 Å². The van der Waals surface area contributed by atoms with E-state index in [1.54, 1.807) is 4.90 Å². The molecule has 27 heavy (non-hydrogen) atoms. The predicted molar refractivity (Wildman–Crippen MR) is 101 cm³/mol. The summed E-state index contributed by atoms with van der Waals surface area (Å²) in [6.07, 6.45) is 5.83. The van der Waals surface area contributed by atoms with Crippen molar-refractivity contribution in [1.29, 1.82) is 0 Å². The fourth-order valence-electron chi connectivity index (χ4n) is 4.60. The first-order valence-corrected chi connectivity index (χ1v) is 10.1. The number of carbonyl (C=O) groups excluding carboxylic acids is 3. The van der Waals surface area contributed by atoms with Crippen LogP contribution in [-0.2, 0) is 20.8 Å². The SMILES string of the molecule is O=C1NC(Cc2ccccc2)C(=O)N2CCN(C(=O)C3CCCCC3)CC12. The van der Waals surface area contributed by atoms with E-state index >= 15 is 0 Å². The zero-order valence-electron chi connectivity index (χ0n) is 15.6. The highest BCUT2D eigenvalue weighted by molar-refractivity contribution is 5.98. The van der Waals surface area contributed by atoms with E-state index in [9.17, 15) is 14.4 Å². The van der Waals surface area contributed by atoms with Gasteiger partial charge in [0.15, 0.2) is 0 Å². The van der Waals surface area contributed by atoms with Gasteiger partial charge < -0.3 is 15.1 Å². The van der Waals surface area contributed by atoms with Gasteiger partial charge in [0, 0.05) is 25.4 Å². The minimum Gasteiger partial charge on any atom is -0.342 e. The minimum absolute atomic E-state index is 0.0341. The third-order valence-corrected chi connectivity index (χ3v) is 6.13. The van der Waals surface area contributed by atoms with Gasteiger partial charge in [-0.2, -0.15) is 0 Å². The zero-order chi connectivity index (χ0) is 18.8. The van der Waals surface area contributed by atoms with Crippen molar-refractivity contribution in [1.82, 2.24) is 15.1 Å². The lowest BCUT2D eigenvalue weighted by Crippen LogP contribution is -2.70. The van der Waals surface area contributed by atoms with E-state index in [2.05, 4.69) is 5.32 Å². The van der Waals surface area contributed by atoms with E-state index in [1.807, 2.05) is 35.2 Å². The van der Waals surface area contributed by atoms with Crippen molar-refractivity contribution < 1.29 is 14.4 Å². The molecule has 6 heteroatoms. The average molecular weight is 369 g/mol. The van der Waals surface area contributed by atoms with Crippen LogP contribution in [-0.4, -0.2) is 59.2 Å². The summed E-state index contributed by atoms with van der Waals surface area (Å²) in [6, 6.07) is 8.66. The number of nitrogens with zero attached hydrogens (tertiary/aromatic N) is 2. The summed E-state index contributed by atoms with van der Waals surface area (Å²) in [4.78, 5) is 41.9. The quantitative estimate of drug-likeness (QED) is 0.874. The van der Waals surface area contributed by atoms with Crippen LogP contribution in [0.5, 0.6) is 0 Å². The molecule has 144 valence electrons. The number of hydrogen-bond acceptors (Lipinski definition) is 3. The molecule has 2 atom stereocenters. The monoisotopic (exact) mass is 369 g/mol. The third kappa shape index (κ3) is 3.70. The van der Waals surface area contributed by atoms with Crippen molar-refractivity contribution in [2.75, 3.05) is 19.6 Å². The van der Waals surface area contributed by atoms with Crippen LogP contribution in [0.4, 0.5) is 0 Å². The summed E-state index contributed by atoms with van der Waals surface area (Å²) < 4.78 is 0. The molecule has 0 radical (unpaired) electrons. The van der Waals surface area contributed by atoms with Gasteiger partial charge in [-0.15, -0.1) is 0 Å². The molecule has 2 saturated heterocycles. The Hall–Kier alpha value is -2.37. The van der Waals surface area contributed by atoms with Crippen LogP contribution in [0, 0.1) is 5.92 Å². The first kappa shape index (κ1) is 18.0. The standard InChI is InChI=1S/C21H27N3O3/c25-19-18-14-23(20(26)16-9-5-2-6-10-16)11-12-24(18)21(27)17(22-19)13-15-7-3-1-4-8-15/h1,3-4,7-8,16-18H,2,5-6,9-14H2,(H,22,25). The largest absolute Gasteiger partial charge is 0.342 e. The average Bonchev–Trinajstić information content (AvgIpc) is 2.72. The van der Waals surface area contributed by atoms with Crippen molar-refractivity contribution in [2.24, 2.45) is 5.92 Å². The molecule has 1 aromatic carbocycles. The van der Waals surface area contributed by atoms with Crippen LogP contribution >= 0.6 is 0 Å². The minimum atomic E-state index is -0.550. The Morgan fingerprint density at radius 3 is 2.52 bits per heavy atom. The van der Waals surface area contributed by atoms with Gasteiger partial charge in [-0.25, -0.2) is 0 Å². The molecule has 0 aromatic heterocycles. The molecule has 6 nitrogen and oxygen atoms in total. The summed E-state index contributed by atoms with van der Waals surface area (Å²) in [5, 5.41) is 2.88. The summed E-state index contributed by atoms with van der Waals surface area (Å²) >= 11 is 0. The Labute approximate surface area is 159 Å². The van der Waals surface area contributed by atoms with E-state index in [0.29, 0.717) is 26.1 Å². The van der Waals surface area contributed by atoms with Crippen molar-refractivity contribution in [3.05, 3.63) is 35.9 Å². The van der Waals surface area contributed by atoms with Gasteiger partial charge in [0.2, 0.25) is 17.7 Å². The Morgan fingerprint density at radius 2 is 1.78 bits per heavy atom. The van der Waals surface area contributed by atoms with Gasteiger partial charge >= 0.3 is 0 Å². The normalized spacial score (nSPS) is 26.5. The first-order chi connectivity index (χ1) is 13.1. The molecule has 1 aliphatic carbocycles. The molecule has 2 aliphatic heterocycles. The summed E-state index contributed by atoms with van der Waals surface area (Å²) in [7, 11) is 0. The second-order valence-electron chi connectivity index (χ2n) is 7.92. The van der Waals surface area contributed by atoms with Crippen LogP contribution < -0.4 is 5.32 Å². The maximum atomic E-state index is 12.9. The van der Waals surface area contributed by atoms with Crippen molar-refractivity contribution in [3.63, 3.8) is 0 Å². The molecule has 2 heterocycles. The molecule has 2 unspecified atom stereocenters. The molecule has 3 amide bonds. The number of piperazine rings is 2. The maximum Gasteiger partial charge on any atom is 0.246 e. The smallest absolute Gasteiger partial charge is 0.246 e. The lowest BCUT2D eigenvalue weighted by molar-refractivity contribution is -0.156. The highest BCUT2D eigenvalue weighted by atomic mass is 16.2. The van der Waals surface area contributed by atoms with E-state index in [4.69, 9.17) is 0 Å². The van der Waals surface area contributed by atoms with E-state index in [0.717, 1.165) is 31.2 Å². The molecule has 1 N–H and O–H groups in total. The molecule has 3 fully saturated rings. The third-order valence-electron chi connectivity index (χ3n) is 6.13. The van der Waals surface area contributed by atoms with Gasteiger partial charge in [0.05, 0.1) is 6.54 Å². The molecule has 1 aromatic rings. The highest BCUT2D eigenvalue weighted by Gasteiger charge is 2.44. The topological polar surface area (TPSA) is 69.7 Å². The van der Waals surface area contributed by atoms with Crippen LogP contribution in [0.2, 0.25) is 0 Å². The maximum absolute atomic E-state index is 12.9. The van der Waals surface area contributed by atoms with Gasteiger partial charge in [-0.1, -0.05) is 49.6 Å². The van der Waals surface area contributed by atoms with E-state index in [1.165, 1.54) is 6.42 Å². The number of rotatable bonds is 3. The Kier molecular flexibility index (Phi) is 5.14. The molecule has 3 aliphatic rings. The Balaban J connectivity index is 1.41. The van der Waals surface area contributed by atoms with Crippen LogP contribution in [0.25, 0.3) is 0 Å². The number of hydrogen-bond donors (Lipinski definition) is 1. The molecular weight excluding hydrogens is 342 g/mol. The predicted octanol–water partition coefficient (Wildman–Crippen LogP) is 1.35. The summed E-state index contributed by atoms with van der Waals surface area (Å²) in [6.45, 7) is 1.30. The summed E-state index contributed by atoms with van der Waals surface area (Å²) in [5.41, 5.74) is 1.03. The molecule has 1 saturated carbocycles. The van der Waals surface area contributed by atoms with Gasteiger partial charge in [-0.05, 0) is 18.4 Å². The second kappa shape index (κ2) is 7.71. The van der Waals surface area contributed by atoms with Crippen LogP contribution in [0.1, 0.15) is 37.7 Å². The van der Waals surface area contributed by atoms with Crippen molar-refractivity contribution >= 4 is 17.7 Å². The first-order valence-electron chi connectivity index (χ1n) is 10.1. The van der Waals surface area contributed by atoms with Crippen LogP contribution in [0.3, 0.4) is 0 Å². The number of amides is 3. The number of fused-ring (bicyclic) bond motifs is 1. The second-order valence-corrected chi connectivity index (χ2v) is 7.92. The molecule has 0 spiro atoms. The molecule has 4 rings (SSSR count). The summed E-state index contributed by atoms with van der Waals surface area (Å²) in [5.74, 6) is 0.0874. The Bertz CT molecular complexity index is 715. The van der Waals surface area contributed by atoms with Crippen molar-refractivity contribution in [3.8, 4) is 0 Å². The fraction of sp³-hybridized carbons (Fsp3) is 0.571. The van der Waals surface area contributed by atoms with Gasteiger partial charge in [0.1, 0.15) is 12.1 Å².